The summed E-state index contributed by atoms with van der Waals surface area (Å²) in [5.41, 5.74) is 1.58. The minimum atomic E-state index is -0.346. The number of aromatic nitrogens is 3. The molecule has 0 saturated carbocycles. The molecule has 0 radical (unpaired) electrons. The van der Waals surface area contributed by atoms with Gasteiger partial charge >= 0.3 is 0 Å². The summed E-state index contributed by atoms with van der Waals surface area (Å²) in [6, 6.07) is 23.5. The first-order valence-electron chi connectivity index (χ1n) is 8.61. The van der Waals surface area contributed by atoms with Gasteiger partial charge in [-0.15, -0.1) is 10.2 Å². The summed E-state index contributed by atoms with van der Waals surface area (Å²) in [6.07, 6.45) is 0. The molecule has 3 aromatic carbocycles. The highest BCUT2D eigenvalue weighted by molar-refractivity contribution is 7.98. The Balaban J connectivity index is 1.51. The van der Waals surface area contributed by atoms with E-state index in [-0.39, 0.29) is 5.82 Å². The zero-order valence-electron chi connectivity index (χ0n) is 14.8. The number of nitrogen functional groups attached to an aromatic ring is 1. The van der Waals surface area contributed by atoms with Gasteiger partial charge in [-0.3, -0.25) is 0 Å². The molecule has 0 fully saturated rings. The molecule has 4 rings (SSSR count). The summed E-state index contributed by atoms with van der Waals surface area (Å²) in [5, 5.41) is 8.77. The number of hydrogen-bond acceptors (Lipinski definition) is 5. The fourth-order valence-corrected chi connectivity index (χ4v) is 3.53. The highest BCUT2D eigenvalue weighted by Gasteiger charge is 2.14. The summed E-state index contributed by atoms with van der Waals surface area (Å²) in [4.78, 5) is 0. The molecule has 28 heavy (non-hydrogen) atoms. The van der Waals surface area contributed by atoms with E-state index in [1.165, 1.54) is 28.6 Å². The van der Waals surface area contributed by atoms with E-state index >= 15 is 0 Å². The summed E-state index contributed by atoms with van der Waals surface area (Å²) >= 11 is 1.44. The van der Waals surface area contributed by atoms with Crippen molar-refractivity contribution >= 4 is 11.8 Å². The van der Waals surface area contributed by atoms with Gasteiger partial charge in [0.15, 0.2) is 5.82 Å². The van der Waals surface area contributed by atoms with E-state index in [0.29, 0.717) is 22.3 Å². The van der Waals surface area contributed by atoms with Crippen molar-refractivity contribution in [3.8, 4) is 22.9 Å². The predicted octanol–water partition coefficient (Wildman–Crippen LogP) is 4.88. The normalized spacial score (nSPS) is 10.8. The SMILES string of the molecule is Nn1c(SCc2ccccc2Oc2ccccc2)nnc1-c1cccc(F)c1. The average Bonchev–Trinajstić information content (AvgIpc) is 3.08. The summed E-state index contributed by atoms with van der Waals surface area (Å²) in [5.74, 6) is 8.34. The van der Waals surface area contributed by atoms with Crippen molar-refractivity contribution in [2.45, 2.75) is 10.9 Å². The van der Waals surface area contributed by atoms with E-state index in [9.17, 15) is 4.39 Å². The van der Waals surface area contributed by atoms with Gasteiger partial charge in [0.25, 0.3) is 0 Å². The lowest BCUT2D eigenvalue weighted by Crippen LogP contribution is -2.11. The van der Waals surface area contributed by atoms with Crippen LogP contribution in [0.5, 0.6) is 11.5 Å². The van der Waals surface area contributed by atoms with Crippen LogP contribution in [0.3, 0.4) is 0 Å². The molecule has 140 valence electrons. The lowest BCUT2D eigenvalue weighted by atomic mass is 10.2. The van der Waals surface area contributed by atoms with Crippen LogP contribution in [0.2, 0.25) is 0 Å². The second kappa shape index (κ2) is 8.14. The molecular formula is C21H17FN4OS. The fourth-order valence-electron chi connectivity index (χ4n) is 2.68. The van der Waals surface area contributed by atoms with Gasteiger partial charge in [0, 0.05) is 16.9 Å². The van der Waals surface area contributed by atoms with Gasteiger partial charge in [-0.25, -0.2) is 9.07 Å². The van der Waals surface area contributed by atoms with Crippen LogP contribution >= 0.6 is 11.8 Å². The molecule has 1 heterocycles. The van der Waals surface area contributed by atoms with E-state index in [1.54, 1.807) is 12.1 Å². The Morgan fingerprint density at radius 1 is 0.929 bits per heavy atom. The third-order valence-electron chi connectivity index (χ3n) is 4.05. The first kappa shape index (κ1) is 18.1. The Hall–Kier alpha value is -3.32. The summed E-state index contributed by atoms with van der Waals surface area (Å²) < 4.78 is 20.8. The number of benzene rings is 3. The molecule has 0 amide bonds. The van der Waals surface area contributed by atoms with E-state index in [4.69, 9.17) is 10.6 Å². The summed E-state index contributed by atoms with van der Waals surface area (Å²) in [7, 11) is 0. The van der Waals surface area contributed by atoms with Gasteiger partial charge in [-0.1, -0.05) is 60.3 Å². The molecule has 5 nitrogen and oxygen atoms in total. The standard InChI is InChI=1S/C21H17FN4OS/c22-17-9-6-8-15(13-17)20-24-25-21(26(20)23)28-14-16-7-4-5-12-19(16)27-18-10-2-1-3-11-18/h1-13H,14,23H2. The number of nitrogens with two attached hydrogens (primary N) is 1. The number of hydrogen-bond donors (Lipinski definition) is 1. The zero-order valence-corrected chi connectivity index (χ0v) is 15.6. The van der Waals surface area contributed by atoms with Crippen molar-refractivity contribution in [3.05, 3.63) is 90.2 Å². The molecule has 0 aliphatic carbocycles. The molecule has 0 spiro atoms. The molecule has 7 heteroatoms. The molecule has 1 aromatic heterocycles. The Morgan fingerprint density at radius 2 is 1.71 bits per heavy atom. The molecular weight excluding hydrogens is 375 g/mol. The Bertz CT molecular complexity index is 1080. The number of nitrogens with zero attached hydrogens (tertiary/aromatic N) is 3. The van der Waals surface area contributed by atoms with Crippen molar-refractivity contribution in [2.75, 3.05) is 5.84 Å². The van der Waals surface area contributed by atoms with Crippen molar-refractivity contribution in [1.82, 2.24) is 14.9 Å². The van der Waals surface area contributed by atoms with E-state index in [2.05, 4.69) is 10.2 Å². The largest absolute Gasteiger partial charge is 0.457 e. The van der Waals surface area contributed by atoms with Crippen molar-refractivity contribution in [3.63, 3.8) is 0 Å². The van der Waals surface area contributed by atoms with E-state index < -0.39 is 0 Å². The van der Waals surface area contributed by atoms with Crippen LogP contribution in [0.4, 0.5) is 4.39 Å². The molecule has 0 bridgehead atoms. The first-order valence-corrected chi connectivity index (χ1v) is 9.59. The topological polar surface area (TPSA) is 66.0 Å². The molecule has 0 aliphatic rings. The summed E-state index contributed by atoms with van der Waals surface area (Å²) in [6.45, 7) is 0. The predicted molar refractivity (Wildman–Crippen MR) is 108 cm³/mol. The monoisotopic (exact) mass is 392 g/mol. The van der Waals surface area contributed by atoms with Gasteiger partial charge in [-0.2, -0.15) is 0 Å². The van der Waals surface area contributed by atoms with Crippen LogP contribution in [-0.2, 0) is 5.75 Å². The highest BCUT2D eigenvalue weighted by atomic mass is 32.2. The number of thioether (sulfide) groups is 1. The smallest absolute Gasteiger partial charge is 0.210 e. The average molecular weight is 392 g/mol. The minimum absolute atomic E-state index is 0.346. The van der Waals surface area contributed by atoms with Gasteiger partial charge in [-0.05, 0) is 30.3 Å². The van der Waals surface area contributed by atoms with Crippen LogP contribution in [0.15, 0.2) is 84.0 Å². The lowest BCUT2D eigenvalue weighted by molar-refractivity contribution is 0.478. The van der Waals surface area contributed by atoms with Crippen LogP contribution in [-0.4, -0.2) is 14.9 Å². The van der Waals surface area contributed by atoms with Gasteiger partial charge in [0.1, 0.15) is 17.3 Å². The zero-order chi connectivity index (χ0) is 19.3. The van der Waals surface area contributed by atoms with Gasteiger partial charge < -0.3 is 10.6 Å². The maximum absolute atomic E-state index is 13.5. The van der Waals surface area contributed by atoms with Crippen LogP contribution in [0.25, 0.3) is 11.4 Å². The number of para-hydroxylation sites is 2. The first-order chi connectivity index (χ1) is 13.7. The van der Waals surface area contributed by atoms with Crippen LogP contribution < -0.4 is 10.6 Å². The van der Waals surface area contributed by atoms with Crippen LogP contribution in [0, 0.1) is 5.82 Å². The number of halogens is 1. The third kappa shape index (κ3) is 3.99. The Kier molecular flexibility index (Phi) is 5.25. The van der Waals surface area contributed by atoms with Gasteiger partial charge in [0.2, 0.25) is 5.16 Å². The van der Waals surface area contributed by atoms with Crippen molar-refractivity contribution in [1.29, 1.82) is 0 Å². The Morgan fingerprint density at radius 3 is 2.54 bits per heavy atom. The molecule has 0 atom stereocenters. The maximum atomic E-state index is 13.5. The highest BCUT2D eigenvalue weighted by Crippen LogP contribution is 2.31. The third-order valence-corrected chi connectivity index (χ3v) is 5.04. The van der Waals surface area contributed by atoms with Crippen molar-refractivity contribution < 1.29 is 9.13 Å². The second-order valence-corrected chi connectivity index (χ2v) is 6.94. The molecule has 4 aromatic rings. The van der Waals surface area contributed by atoms with Gasteiger partial charge in [0.05, 0.1) is 0 Å². The molecule has 0 aliphatic heterocycles. The second-order valence-electron chi connectivity index (χ2n) is 6.00. The fraction of sp³-hybridized carbons (Fsp3) is 0.0476. The maximum Gasteiger partial charge on any atom is 0.210 e. The minimum Gasteiger partial charge on any atom is -0.457 e. The molecule has 0 saturated heterocycles. The van der Waals surface area contributed by atoms with Crippen LogP contribution in [0.1, 0.15) is 5.56 Å². The molecule has 2 N–H and O–H groups in total. The number of ether oxygens (including phenoxy) is 1. The molecule has 0 unspecified atom stereocenters. The number of rotatable bonds is 6. The Labute approximate surface area is 166 Å². The van der Waals surface area contributed by atoms with Crippen molar-refractivity contribution in [2.24, 2.45) is 0 Å². The van der Waals surface area contributed by atoms with E-state index in [1.807, 2.05) is 54.6 Å². The van der Waals surface area contributed by atoms with E-state index in [0.717, 1.165) is 17.1 Å². The lowest BCUT2D eigenvalue weighted by Gasteiger charge is -2.10. The quantitative estimate of drug-likeness (QED) is 0.374.